The number of hydrogen-bond acceptors (Lipinski definition) is 3. The molecule has 0 unspecified atom stereocenters. The summed E-state index contributed by atoms with van der Waals surface area (Å²) in [5, 5.41) is 0. The predicted octanol–water partition coefficient (Wildman–Crippen LogP) is 1.54. The van der Waals surface area contributed by atoms with Crippen molar-refractivity contribution in [3.63, 3.8) is 0 Å². The van der Waals surface area contributed by atoms with E-state index in [-0.39, 0.29) is 5.76 Å². The lowest BCUT2D eigenvalue weighted by molar-refractivity contribution is -0.146. The summed E-state index contributed by atoms with van der Waals surface area (Å²) in [6.07, 6.45) is 0. The Kier molecular flexibility index (Phi) is 2.08. The molecule has 0 fully saturated rings. The van der Waals surface area contributed by atoms with Crippen molar-refractivity contribution in [1.29, 1.82) is 0 Å². The lowest BCUT2D eigenvalue weighted by atomic mass is 10.1. The van der Waals surface area contributed by atoms with Gasteiger partial charge in [0.25, 0.3) is 0 Å². The molecular formula is C8H11FO3. The van der Waals surface area contributed by atoms with Crippen molar-refractivity contribution in [2.75, 3.05) is 6.61 Å². The topological polar surface area (TPSA) is 35.5 Å². The standard InChI is InChI=1S/C8H11FO3/c1-4-11-6-5(9)7(10)12-8(6,2)3/h4H2,1-3H3. The van der Waals surface area contributed by atoms with E-state index in [0.717, 1.165) is 0 Å². The zero-order chi connectivity index (χ0) is 9.35. The van der Waals surface area contributed by atoms with Gasteiger partial charge in [0.15, 0.2) is 11.4 Å². The molecule has 0 radical (unpaired) electrons. The summed E-state index contributed by atoms with van der Waals surface area (Å²) in [5.41, 5.74) is -0.961. The molecule has 0 atom stereocenters. The SMILES string of the molecule is CCOC1=C(F)C(=O)OC1(C)C. The van der Waals surface area contributed by atoms with Crippen molar-refractivity contribution < 1.29 is 18.7 Å². The number of hydrogen-bond donors (Lipinski definition) is 0. The second kappa shape index (κ2) is 2.77. The van der Waals surface area contributed by atoms with Gasteiger partial charge in [0, 0.05) is 0 Å². The molecule has 0 aliphatic carbocycles. The van der Waals surface area contributed by atoms with E-state index >= 15 is 0 Å². The van der Waals surface area contributed by atoms with Crippen LogP contribution in [0.5, 0.6) is 0 Å². The molecule has 0 amide bonds. The Hall–Kier alpha value is -1.06. The number of esters is 1. The second-order valence-corrected chi connectivity index (χ2v) is 2.98. The van der Waals surface area contributed by atoms with Crippen LogP contribution in [0.3, 0.4) is 0 Å². The highest BCUT2D eigenvalue weighted by molar-refractivity contribution is 5.89. The number of ether oxygens (including phenoxy) is 2. The number of carbonyl (C=O) groups is 1. The second-order valence-electron chi connectivity index (χ2n) is 2.98. The maximum Gasteiger partial charge on any atom is 0.371 e. The van der Waals surface area contributed by atoms with Crippen LogP contribution in [0.1, 0.15) is 20.8 Å². The van der Waals surface area contributed by atoms with Crippen LogP contribution in [0.2, 0.25) is 0 Å². The molecule has 3 nitrogen and oxygen atoms in total. The van der Waals surface area contributed by atoms with Crippen molar-refractivity contribution in [3.05, 3.63) is 11.6 Å². The smallest absolute Gasteiger partial charge is 0.371 e. The molecule has 68 valence electrons. The Labute approximate surface area is 70.2 Å². The van der Waals surface area contributed by atoms with Crippen molar-refractivity contribution >= 4 is 5.97 Å². The summed E-state index contributed by atoms with van der Waals surface area (Å²) in [6.45, 7) is 5.22. The van der Waals surface area contributed by atoms with Crippen LogP contribution in [-0.2, 0) is 14.3 Å². The van der Waals surface area contributed by atoms with E-state index in [1.807, 2.05) is 0 Å². The molecule has 0 N–H and O–H groups in total. The molecule has 4 heteroatoms. The molecule has 1 rings (SSSR count). The molecule has 12 heavy (non-hydrogen) atoms. The number of carbonyl (C=O) groups excluding carboxylic acids is 1. The van der Waals surface area contributed by atoms with Gasteiger partial charge in [-0.2, -0.15) is 4.39 Å². The van der Waals surface area contributed by atoms with Crippen molar-refractivity contribution in [1.82, 2.24) is 0 Å². The third-order valence-corrected chi connectivity index (χ3v) is 1.56. The largest absolute Gasteiger partial charge is 0.491 e. The first-order valence-corrected chi connectivity index (χ1v) is 3.75. The minimum atomic E-state index is -0.961. The van der Waals surface area contributed by atoms with Crippen molar-refractivity contribution in [3.8, 4) is 0 Å². The molecule has 0 bridgehead atoms. The van der Waals surface area contributed by atoms with Crippen LogP contribution in [0.4, 0.5) is 4.39 Å². The highest BCUT2D eigenvalue weighted by Gasteiger charge is 2.42. The molecule has 1 aliphatic rings. The van der Waals surface area contributed by atoms with Crippen LogP contribution in [0, 0.1) is 0 Å². The Balaban J connectivity index is 2.96. The van der Waals surface area contributed by atoms with Gasteiger partial charge >= 0.3 is 5.97 Å². The van der Waals surface area contributed by atoms with Crippen molar-refractivity contribution in [2.24, 2.45) is 0 Å². The highest BCUT2D eigenvalue weighted by atomic mass is 19.1. The van der Waals surface area contributed by atoms with Crippen LogP contribution < -0.4 is 0 Å². The van der Waals surface area contributed by atoms with Gasteiger partial charge in [0.2, 0.25) is 5.83 Å². The van der Waals surface area contributed by atoms with Gasteiger partial charge in [0.1, 0.15) is 0 Å². The molecule has 0 aromatic rings. The van der Waals surface area contributed by atoms with E-state index in [0.29, 0.717) is 6.61 Å². The molecule has 1 aliphatic heterocycles. The Morgan fingerprint density at radius 2 is 2.17 bits per heavy atom. The van der Waals surface area contributed by atoms with E-state index in [2.05, 4.69) is 0 Å². The summed E-state index contributed by atoms with van der Waals surface area (Å²) in [4.78, 5) is 10.7. The van der Waals surface area contributed by atoms with Gasteiger partial charge in [-0.25, -0.2) is 4.79 Å². The Morgan fingerprint density at radius 1 is 1.58 bits per heavy atom. The first-order chi connectivity index (χ1) is 5.49. The third-order valence-electron chi connectivity index (χ3n) is 1.56. The lowest BCUT2D eigenvalue weighted by Crippen LogP contribution is -2.24. The van der Waals surface area contributed by atoms with Crippen LogP contribution in [0.25, 0.3) is 0 Å². The summed E-state index contributed by atoms with van der Waals surface area (Å²) in [5.74, 6) is -1.86. The fourth-order valence-corrected chi connectivity index (χ4v) is 1.06. The maximum atomic E-state index is 12.9. The van der Waals surface area contributed by atoms with E-state index in [9.17, 15) is 9.18 Å². The molecule has 0 aromatic carbocycles. The van der Waals surface area contributed by atoms with Crippen LogP contribution >= 0.6 is 0 Å². The van der Waals surface area contributed by atoms with Gasteiger partial charge in [0.05, 0.1) is 6.61 Å². The number of rotatable bonds is 2. The Morgan fingerprint density at radius 3 is 2.50 bits per heavy atom. The summed E-state index contributed by atoms with van der Waals surface area (Å²) >= 11 is 0. The average Bonchev–Trinajstić information content (AvgIpc) is 2.13. The average molecular weight is 174 g/mol. The van der Waals surface area contributed by atoms with E-state index < -0.39 is 17.4 Å². The molecule has 0 saturated carbocycles. The van der Waals surface area contributed by atoms with Crippen LogP contribution in [-0.4, -0.2) is 18.2 Å². The monoisotopic (exact) mass is 174 g/mol. The summed E-state index contributed by atoms with van der Waals surface area (Å²) < 4.78 is 22.6. The first-order valence-electron chi connectivity index (χ1n) is 3.75. The van der Waals surface area contributed by atoms with Gasteiger partial charge < -0.3 is 9.47 Å². The first kappa shape index (κ1) is 9.03. The maximum absolute atomic E-state index is 12.9. The molecule has 1 heterocycles. The summed E-state index contributed by atoms with van der Waals surface area (Å²) in [7, 11) is 0. The quantitative estimate of drug-likeness (QED) is 0.595. The van der Waals surface area contributed by atoms with Gasteiger partial charge in [-0.05, 0) is 20.8 Å². The van der Waals surface area contributed by atoms with E-state index in [1.165, 1.54) is 0 Å². The predicted molar refractivity (Wildman–Crippen MR) is 39.9 cm³/mol. The number of cyclic esters (lactones) is 1. The fraction of sp³-hybridized carbons (Fsp3) is 0.625. The zero-order valence-electron chi connectivity index (χ0n) is 7.31. The van der Waals surface area contributed by atoms with Gasteiger partial charge in [-0.1, -0.05) is 0 Å². The molecule has 0 saturated heterocycles. The zero-order valence-corrected chi connectivity index (χ0v) is 7.31. The molecule has 0 aromatic heterocycles. The van der Waals surface area contributed by atoms with Gasteiger partial charge in [-0.15, -0.1) is 0 Å². The number of halogens is 1. The summed E-state index contributed by atoms with van der Waals surface area (Å²) in [6, 6.07) is 0. The normalized spacial score (nSPS) is 21.2. The van der Waals surface area contributed by atoms with Crippen molar-refractivity contribution in [2.45, 2.75) is 26.4 Å². The highest BCUT2D eigenvalue weighted by Crippen LogP contribution is 2.33. The van der Waals surface area contributed by atoms with E-state index in [4.69, 9.17) is 9.47 Å². The lowest BCUT2D eigenvalue weighted by Gasteiger charge is -2.19. The third kappa shape index (κ3) is 1.29. The minimum absolute atomic E-state index is 0.00463. The van der Waals surface area contributed by atoms with Gasteiger partial charge in [-0.3, -0.25) is 0 Å². The molecular weight excluding hydrogens is 163 g/mol. The Bertz CT molecular complexity index is 243. The minimum Gasteiger partial charge on any atom is -0.491 e. The molecule has 0 spiro atoms. The van der Waals surface area contributed by atoms with E-state index in [1.54, 1.807) is 20.8 Å². The fourth-order valence-electron chi connectivity index (χ4n) is 1.06. The van der Waals surface area contributed by atoms with Crippen LogP contribution in [0.15, 0.2) is 11.6 Å².